The van der Waals surface area contributed by atoms with E-state index in [-0.39, 0.29) is 19.1 Å². The molecule has 0 N–H and O–H groups in total. The fourth-order valence-corrected chi connectivity index (χ4v) is 15.4. The van der Waals surface area contributed by atoms with E-state index in [2.05, 4.69) is 279 Å². The van der Waals surface area contributed by atoms with E-state index in [1.807, 2.05) is 42.5 Å². The van der Waals surface area contributed by atoms with Crippen molar-refractivity contribution in [3.63, 3.8) is 0 Å². The molecule has 4 heterocycles. The normalized spacial score (nSPS) is 13.0. The van der Waals surface area contributed by atoms with Crippen LogP contribution in [0.5, 0.6) is 0 Å². The van der Waals surface area contributed by atoms with E-state index < -0.39 is 11.6 Å². The molecule has 10 heteroatoms. The molecule has 5 nitrogen and oxygen atoms in total. The van der Waals surface area contributed by atoms with Gasteiger partial charge < -0.3 is 24.5 Å². The number of benzene rings is 13. The van der Waals surface area contributed by atoms with Gasteiger partial charge in [0.05, 0.1) is 11.4 Å². The highest BCUT2D eigenvalue weighted by Gasteiger charge is 2.48. The van der Waals surface area contributed by atoms with Crippen LogP contribution >= 0.6 is 11.8 Å². The van der Waals surface area contributed by atoms with Crippen LogP contribution < -0.4 is 57.3 Å². The number of hydrogen-bond acceptors (Lipinski definition) is 6. The maximum absolute atomic E-state index is 18.4. The Hall–Kier alpha value is -10.8. The summed E-state index contributed by atoms with van der Waals surface area (Å²) in [4.78, 5) is 13.8. The molecule has 0 fully saturated rings. The number of fused-ring (bicyclic) bond motifs is 8. The highest BCUT2D eigenvalue weighted by molar-refractivity contribution is 8.00. The first-order chi connectivity index (χ1) is 43.5. The first kappa shape index (κ1) is 51.6. The molecule has 0 amide bonds. The number of anilines is 15. The lowest BCUT2D eigenvalue weighted by Gasteiger charge is -2.46. The van der Waals surface area contributed by atoms with Gasteiger partial charge in [-0.25, -0.2) is 8.78 Å². The fourth-order valence-electron chi connectivity index (χ4n) is 14.2. The van der Waals surface area contributed by atoms with E-state index in [4.69, 9.17) is 0 Å². The van der Waals surface area contributed by atoms with Crippen molar-refractivity contribution >= 4 is 143 Å². The Morgan fingerprint density at radius 1 is 0.295 bits per heavy atom. The molecule has 0 radical (unpaired) electrons. The molecule has 0 atom stereocenters. The van der Waals surface area contributed by atoms with Gasteiger partial charge in [0.25, 0.3) is 6.71 Å². The summed E-state index contributed by atoms with van der Waals surface area (Å²) in [6.45, 7) is -0.543. The number of hydrogen-bond donors (Lipinski definition) is 0. The minimum atomic E-state index is -0.671. The van der Waals surface area contributed by atoms with Crippen molar-refractivity contribution in [1.29, 1.82) is 0 Å². The second kappa shape index (κ2) is 21.0. The third kappa shape index (κ3) is 8.31. The van der Waals surface area contributed by atoms with Gasteiger partial charge in [-0.1, -0.05) is 199 Å². The zero-order valence-corrected chi connectivity index (χ0v) is 48.3. The predicted molar refractivity (Wildman–Crippen MR) is 365 cm³/mol. The molecule has 0 unspecified atom stereocenters. The molecular weight excluding hydrogens is 1100 g/mol. The van der Waals surface area contributed by atoms with Crippen LogP contribution in [-0.4, -0.2) is 13.4 Å². The molecule has 13 aromatic rings. The minimum absolute atomic E-state index is 0.206. The third-order valence-electron chi connectivity index (χ3n) is 17.7. The van der Waals surface area contributed by atoms with Crippen molar-refractivity contribution < 1.29 is 8.78 Å². The Labute approximate surface area is 515 Å². The van der Waals surface area contributed by atoms with Crippen LogP contribution in [0.4, 0.5) is 94.1 Å². The molecular formula is C78H51B2F2N5S. The zero-order valence-electron chi connectivity index (χ0n) is 47.5. The smallest absolute Gasteiger partial charge is 0.252 e. The summed E-state index contributed by atoms with van der Waals surface area (Å²) in [6, 6.07) is 107. The van der Waals surface area contributed by atoms with Gasteiger partial charge in [-0.2, -0.15) is 0 Å². The molecule has 0 aromatic heterocycles. The summed E-state index contributed by atoms with van der Waals surface area (Å²) < 4.78 is 34.7. The quantitative estimate of drug-likeness (QED) is 0.126. The van der Waals surface area contributed by atoms with E-state index in [9.17, 15) is 0 Å². The van der Waals surface area contributed by atoms with Gasteiger partial charge in [0.2, 0.25) is 6.71 Å². The number of halogens is 2. The fraction of sp³-hybridized carbons (Fsp3) is 0. The molecule has 414 valence electrons. The predicted octanol–water partition coefficient (Wildman–Crippen LogP) is 17.4. The van der Waals surface area contributed by atoms with Crippen LogP contribution in [0.3, 0.4) is 0 Å². The largest absolute Gasteiger partial charge is 0.311 e. The molecule has 17 rings (SSSR count). The van der Waals surface area contributed by atoms with Crippen LogP contribution in [-0.2, 0) is 0 Å². The van der Waals surface area contributed by atoms with Crippen LogP contribution in [0.15, 0.2) is 319 Å². The lowest BCUT2D eigenvalue weighted by Crippen LogP contribution is -2.64. The number of nitrogens with zero attached hydrogens (tertiary/aromatic N) is 5. The first-order valence-corrected chi connectivity index (χ1v) is 30.6. The molecule has 0 saturated heterocycles. The van der Waals surface area contributed by atoms with E-state index in [1.54, 1.807) is 11.8 Å². The molecule has 4 aliphatic heterocycles. The van der Waals surface area contributed by atoms with Gasteiger partial charge in [0.15, 0.2) is 5.82 Å². The van der Waals surface area contributed by atoms with Gasteiger partial charge in [-0.3, -0.25) is 0 Å². The Bertz CT molecular complexity index is 4760. The topological polar surface area (TPSA) is 16.2 Å². The lowest BCUT2D eigenvalue weighted by atomic mass is 9.31. The summed E-state index contributed by atoms with van der Waals surface area (Å²) >= 11 is 1.76. The second-order valence-electron chi connectivity index (χ2n) is 22.6. The number of rotatable bonds is 10. The van der Waals surface area contributed by atoms with Crippen molar-refractivity contribution in [1.82, 2.24) is 0 Å². The van der Waals surface area contributed by atoms with Gasteiger partial charge in [0, 0.05) is 95.4 Å². The Balaban J connectivity index is 0.986. The summed E-state index contributed by atoms with van der Waals surface area (Å²) in [5.41, 5.74) is 21.8. The van der Waals surface area contributed by atoms with E-state index in [1.165, 1.54) is 22.5 Å². The average Bonchev–Trinajstić information content (AvgIpc) is 0.794. The molecule has 0 bridgehead atoms. The molecule has 0 spiro atoms. The lowest BCUT2D eigenvalue weighted by molar-refractivity contribution is 0.585. The van der Waals surface area contributed by atoms with E-state index >= 15 is 8.78 Å². The Morgan fingerprint density at radius 3 is 1.20 bits per heavy atom. The maximum atomic E-state index is 18.4. The van der Waals surface area contributed by atoms with Gasteiger partial charge in [-0.15, -0.1) is 0 Å². The minimum Gasteiger partial charge on any atom is -0.311 e. The van der Waals surface area contributed by atoms with Crippen LogP contribution in [0.25, 0.3) is 11.1 Å². The zero-order chi connectivity index (χ0) is 58.4. The molecule has 4 aliphatic rings. The summed E-state index contributed by atoms with van der Waals surface area (Å²) in [5, 5.41) is 0. The van der Waals surface area contributed by atoms with Crippen LogP contribution in [0.2, 0.25) is 0 Å². The third-order valence-corrected chi connectivity index (χ3v) is 18.8. The van der Waals surface area contributed by atoms with Crippen molar-refractivity contribution in [3.8, 4) is 11.1 Å². The maximum Gasteiger partial charge on any atom is 0.252 e. The van der Waals surface area contributed by atoms with Crippen molar-refractivity contribution in [3.05, 3.63) is 321 Å². The molecule has 0 saturated carbocycles. The molecule has 0 aliphatic carbocycles. The Morgan fingerprint density at radius 2 is 0.705 bits per heavy atom. The summed E-state index contributed by atoms with van der Waals surface area (Å²) in [5.74, 6) is -1.32. The molecule has 88 heavy (non-hydrogen) atoms. The molecule has 13 aromatic carbocycles. The van der Waals surface area contributed by atoms with Gasteiger partial charge in [0.1, 0.15) is 5.82 Å². The monoisotopic (exact) mass is 1150 g/mol. The van der Waals surface area contributed by atoms with Crippen molar-refractivity contribution in [2.45, 2.75) is 9.79 Å². The average molecular weight is 1150 g/mol. The van der Waals surface area contributed by atoms with Crippen LogP contribution in [0, 0.1) is 11.6 Å². The highest BCUT2D eigenvalue weighted by atomic mass is 32.2. The SMILES string of the molecule is Fc1cc(F)c(N2c3cc4c(cc3B3c5ccccc5N(c5ccccc5)c5cc(N(c6ccccc6)c6ccccc6)cc2c53)B2c3ccccc3N(c3ccccc3)c3cc(N(c5ccccc5)c5ccccc5)cc(c32)S4)c(-c2ccccc2)c1. The van der Waals surface area contributed by atoms with Gasteiger partial charge in [-0.05, 0) is 154 Å². The van der Waals surface area contributed by atoms with E-state index in [0.717, 1.165) is 112 Å². The Kier molecular flexibility index (Phi) is 12.3. The number of para-hydroxylation sites is 8. The second-order valence-corrected chi connectivity index (χ2v) is 23.7. The van der Waals surface area contributed by atoms with Crippen LogP contribution in [0.1, 0.15) is 0 Å². The van der Waals surface area contributed by atoms with Crippen molar-refractivity contribution in [2.75, 3.05) is 24.5 Å². The highest BCUT2D eigenvalue weighted by Crippen LogP contribution is 2.53. The van der Waals surface area contributed by atoms with E-state index in [0.29, 0.717) is 11.1 Å². The summed E-state index contributed by atoms with van der Waals surface area (Å²) in [7, 11) is 0. The summed E-state index contributed by atoms with van der Waals surface area (Å²) in [6.07, 6.45) is 0. The van der Waals surface area contributed by atoms with Crippen molar-refractivity contribution in [2.24, 2.45) is 0 Å². The standard InChI is InChI=1S/C78H51B2F2N5S/c81-53-44-62(52-26-8-1-9-27-52)78(67(82)45-53)87-70-51-74-66(80-64-41-23-25-43-69(64)86(59-38-20-7-21-39-59)73-48-61(49-75(88-74)77(73)80)84(56-32-14-4-15-33-56)57-34-16-5-17-35-57)50-65(70)79-63-40-22-24-42-68(63)85(58-36-18-6-19-37-58)71-46-60(47-72(87)76(71)79)83(54-28-10-2-11-29-54)55-30-12-3-13-31-55/h1-51H. The van der Waals surface area contributed by atoms with Gasteiger partial charge >= 0.3 is 0 Å². The first-order valence-electron chi connectivity index (χ1n) is 29.8.